The van der Waals surface area contributed by atoms with E-state index in [0.717, 1.165) is 30.4 Å². The van der Waals surface area contributed by atoms with Crippen molar-refractivity contribution in [1.29, 1.82) is 0 Å². The number of nitrogens with one attached hydrogen (secondary N) is 2. The zero-order chi connectivity index (χ0) is 19.1. The second-order valence-electron chi connectivity index (χ2n) is 7.11. The van der Waals surface area contributed by atoms with Crippen LogP contribution in [0.15, 0.2) is 52.2 Å². The number of benzene rings is 1. The van der Waals surface area contributed by atoms with E-state index in [1.54, 1.807) is 19.0 Å². The quantitative estimate of drug-likeness (QED) is 0.544. The molecule has 4 nitrogen and oxygen atoms in total. The Labute approximate surface area is 165 Å². The second kappa shape index (κ2) is 9.93. The molecule has 26 heavy (non-hydrogen) atoms. The number of nitrogens with zero attached hydrogens (tertiary/aromatic N) is 1. The van der Waals surface area contributed by atoms with Crippen LogP contribution in [-0.4, -0.2) is 44.0 Å². The summed E-state index contributed by atoms with van der Waals surface area (Å²) in [5.41, 5.74) is 3.20. The third-order valence-electron chi connectivity index (χ3n) is 4.76. The SMILES string of the molecule is CC/C(C)=C/C(Br)=C(/N[C@H]1CNC[C@@H](c2ccccc2)C1)C(=O)N(C)C. The summed E-state index contributed by atoms with van der Waals surface area (Å²) in [6.45, 7) is 6.01. The second-order valence-corrected chi connectivity index (χ2v) is 7.96. The van der Waals surface area contributed by atoms with Gasteiger partial charge < -0.3 is 15.5 Å². The zero-order valence-electron chi connectivity index (χ0n) is 16.2. The number of hydrogen-bond acceptors (Lipinski definition) is 3. The molecule has 0 unspecified atom stereocenters. The summed E-state index contributed by atoms with van der Waals surface area (Å²) in [5, 5.41) is 7.01. The summed E-state index contributed by atoms with van der Waals surface area (Å²) in [4.78, 5) is 14.3. The summed E-state index contributed by atoms with van der Waals surface area (Å²) in [7, 11) is 3.57. The van der Waals surface area contributed by atoms with Gasteiger partial charge in [0.25, 0.3) is 5.91 Å². The lowest BCUT2D eigenvalue weighted by Crippen LogP contribution is -2.48. The molecular weight excluding hydrogens is 390 g/mol. The molecule has 1 saturated heterocycles. The lowest BCUT2D eigenvalue weighted by molar-refractivity contribution is -0.125. The minimum Gasteiger partial charge on any atom is -0.376 e. The van der Waals surface area contributed by atoms with Crippen LogP contribution in [-0.2, 0) is 4.79 Å². The molecule has 1 aliphatic heterocycles. The minimum absolute atomic E-state index is 0.0149. The number of likely N-dealkylation sites (N-methyl/N-ethyl adjacent to an activating group) is 1. The Kier molecular flexibility index (Phi) is 7.91. The molecule has 0 bridgehead atoms. The minimum atomic E-state index is -0.0149. The summed E-state index contributed by atoms with van der Waals surface area (Å²) < 4.78 is 0.817. The molecule has 1 heterocycles. The van der Waals surface area contributed by atoms with Crippen LogP contribution < -0.4 is 10.6 Å². The van der Waals surface area contributed by atoms with Crippen LogP contribution in [0.1, 0.15) is 38.2 Å². The summed E-state index contributed by atoms with van der Waals surface area (Å²) in [5.74, 6) is 0.434. The van der Waals surface area contributed by atoms with Crippen molar-refractivity contribution in [3.8, 4) is 0 Å². The topological polar surface area (TPSA) is 44.4 Å². The molecule has 0 aromatic heterocycles. The fraction of sp³-hybridized carbons (Fsp3) is 0.476. The third kappa shape index (κ3) is 5.71. The maximum atomic E-state index is 12.7. The fourth-order valence-corrected chi connectivity index (χ4v) is 3.76. The van der Waals surface area contributed by atoms with Crippen LogP contribution in [0, 0.1) is 0 Å². The Balaban J connectivity index is 2.19. The zero-order valence-corrected chi connectivity index (χ0v) is 17.8. The van der Waals surface area contributed by atoms with E-state index in [-0.39, 0.29) is 11.9 Å². The highest BCUT2D eigenvalue weighted by atomic mass is 79.9. The highest BCUT2D eigenvalue weighted by Crippen LogP contribution is 2.25. The molecule has 1 aliphatic rings. The van der Waals surface area contributed by atoms with Gasteiger partial charge in [0, 0.05) is 37.7 Å². The molecule has 2 N–H and O–H groups in total. The smallest absolute Gasteiger partial charge is 0.270 e. The van der Waals surface area contributed by atoms with Crippen molar-refractivity contribution in [3.05, 3.63) is 57.7 Å². The van der Waals surface area contributed by atoms with Crippen molar-refractivity contribution in [2.45, 2.75) is 38.6 Å². The molecule has 1 amide bonds. The number of allylic oxidation sites excluding steroid dienone is 3. The van der Waals surface area contributed by atoms with Crippen molar-refractivity contribution in [3.63, 3.8) is 0 Å². The van der Waals surface area contributed by atoms with Crippen LogP contribution in [0.25, 0.3) is 0 Å². The Morgan fingerprint density at radius 1 is 1.31 bits per heavy atom. The van der Waals surface area contributed by atoms with E-state index in [1.165, 1.54) is 11.1 Å². The van der Waals surface area contributed by atoms with Crippen LogP contribution >= 0.6 is 15.9 Å². The number of halogens is 1. The lowest BCUT2D eigenvalue weighted by Gasteiger charge is -2.32. The largest absolute Gasteiger partial charge is 0.376 e. The van der Waals surface area contributed by atoms with Gasteiger partial charge in [-0.15, -0.1) is 0 Å². The molecule has 0 saturated carbocycles. The highest BCUT2D eigenvalue weighted by molar-refractivity contribution is 9.11. The van der Waals surface area contributed by atoms with Gasteiger partial charge in [-0.05, 0) is 53.3 Å². The van der Waals surface area contributed by atoms with E-state index in [0.29, 0.717) is 11.6 Å². The molecule has 2 atom stereocenters. The number of carbonyl (C=O) groups is 1. The van der Waals surface area contributed by atoms with E-state index in [4.69, 9.17) is 0 Å². The van der Waals surface area contributed by atoms with Crippen LogP contribution in [0.5, 0.6) is 0 Å². The Morgan fingerprint density at radius 3 is 2.62 bits per heavy atom. The number of hydrogen-bond donors (Lipinski definition) is 2. The first-order chi connectivity index (χ1) is 12.4. The molecule has 142 valence electrons. The number of carbonyl (C=O) groups excluding carboxylic acids is 1. The standard InChI is InChI=1S/C21H30BrN3O/c1-5-15(2)11-19(22)20(21(26)25(3)4)24-18-12-17(13-23-14-18)16-9-7-6-8-10-16/h6-11,17-18,23-24H,5,12-14H2,1-4H3/b15-11+,20-19-/t17-,18+/m0/s1. The predicted molar refractivity (Wildman–Crippen MR) is 112 cm³/mol. The molecule has 1 aromatic rings. The molecule has 0 radical (unpaired) electrons. The first-order valence-corrected chi connectivity index (χ1v) is 10.0. The molecule has 5 heteroatoms. The van der Waals surface area contributed by atoms with E-state index in [1.807, 2.05) is 12.1 Å². The monoisotopic (exact) mass is 419 g/mol. The number of piperidine rings is 1. The Morgan fingerprint density at radius 2 is 2.00 bits per heavy atom. The first-order valence-electron chi connectivity index (χ1n) is 9.23. The molecule has 2 rings (SSSR count). The van der Waals surface area contributed by atoms with Gasteiger partial charge in [0.15, 0.2) is 0 Å². The van der Waals surface area contributed by atoms with Crippen molar-refractivity contribution < 1.29 is 4.79 Å². The molecule has 0 aliphatic carbocycles. The highest BCUT2D eigenvalue weighted by Gasteiger charge is 2.26. The van der Waals surface area contributed by atoms with Gasteiger partial charge in [-0.2, -0.15) is 0 Å². The first kappa shape index (κ1) is 20.7. The van der Waals surface area contributed by atoms with Crippen molar-refractivity contribution in [2.24, 2.45) is 0 Å². The van der Waals surface area contributed by atoms with Gasteiger partial charge >= 0.3 is 0 Å². The summed E-state index contributed by atoms with van der Waals surface area (Å²) in [6, 6.07) is 10.8. The predicted octanol–water partition coefficient (Wildman–Crippen LogP) is 3.77. The van der Waals surface area contributed by atoms with Crippen LogP contribution in [0.4, 0.5) is 0 Å². The molecule has 0 spiro atoms. The van der Waals surface area contributed by atoms with Gasteiger partial charge in [0.05, 0.1) is 0 Å². The Hall–Kier alpha value is -1.59. The molecule has 1 aromatic carbocycles. The lowest BCUT2D eigenvalue weighted by atomic mass is 9.89. The maximum absolute atomic E-state index is 12.7. The third-order valence-corrected chi connectivity index (χ3v) is 5.39. The van der Waals surface area contributed by atoms with Gasteiger partial charge in [-0.1, -0.05) is 42.8 Å². The van der Waals surface area contributed by atoms with Gasteiger partial charge in [-0.3, -0.25) is 4.79 Å². The van der Waals surface area contributed by atoms with Crippen molar-refractivity contribution >= 4 is 21.8 Å². The van der Waals surface area contributed by atoms with E-state index in [9.17, 15) is 4.79 Å². The number of amides is 1. The van der Waals surface area contributed by atoms with Crippen molar-refractivity contribution in [1.82, 2.24) is 15.5 Å². The van der Waals surface area contributed by atoms with Gasteiger partial charge in [0.2, 0.25) is 0 Å². The summed E-state index contributed by atoms with van der Waals surface area (Å²) in [6.07, 6.45) is 3.99. The average molecular weight is 420 g/mol. The number of rotatable bonds is 6. The van der Waals surface area contributed by atoms with Gasteiger partial charge in [0.1, 0.15) is 5.70 Å². The fourth-order valence-electron chi connectivity index (χ4n) is 3.08. The maximum Gasteiger partial charge on any atom is 0.270 e. The Bertz CT molecular complexity index is 667. The molecule has 1 fully saturated rings. The van der Waals surface area contributed by atoms with Gasteiger partial charge in [-0.25, -0.2) is 0 Å². The van der Waals surface area contributed by atoms with Crippen molar-refractivity contribution in [2.75, 3.05) is 27.2 Å². The molecular formula is C21H30BrN3O. The van der Waals surface area contributed by atoms with Crippen LogP contribution in [0.3, 0.4) is 0 Å². The van der Waals surface area contributed by atoms with E-state index in [2.05, 4.69) is 64.7 Å². The normalized spacial score (nSPS) is 21.8. The summed E-state index contributed by atoms with van der Waals surface area (Å²) >= 11 is 3.61. The van der Waals surface area contributed by atoms with Crippen LogP contribution in [0.2, 0.25) is 0 Å². The average Bonchev–Trinajstić information content (AvgIpc) is 2.66. The van der Waals surface area contributed by atoms with E-state index < -0.39 is 0 Å². The van der Waals surface area contributed by atoms with E-state index >= 15 is 0 Å².